The van der Waals surface area contributed by atoms with Crippen molar-refractivity contribution >= 4 is 17.5 Å². The molecule has 2 atom stereocenters. The maximum Gasteiger partial charge on any atom is 0.417 e. The van der Waals surface area contributed by atoms with Gasteiger partial charge in [0.15, 0.2) is 5.60 Å². The first kappa shape index (κ1) is 27.0. The summed E-state index contributed by atoms with van der Waals surface area (Å²) in [6, 6.07) is 18.3. The summed E-state index contributed by atoms with van der Waals surface area (Å²) in [6.45, 7) is 4.88. The summed E-state index contributed by atoms with van der Waals surface area (Å²) in [5.41, 5.74) is 0.0529. The first-order valence-corrected chi connectivity index (χ1v) is 11.5. The number of nitrogens with one attached hydrogen (secondary N) is 1. The molecule has 0 fully saturated rings. The van der Waals surface area contributed by atoms with Crippen LogP contribution >= 0.6 is 11.6 Å². The van der Waals surface area contributed by atoms with Gasteiger partial charge in [-0.1, -0.05) is 35.9 Å². The number of rotatable bonds is 8. The molecule has 1 N–H and O–H groups in total. The number of nitrogens with zero attached hydrogens (tertiary/aromatic N) is 2. The molecule has 0 aliphatic rings. The quantitative estimate of drug-likeness (QED) is 0.381. The van der Waals surface area contributed by atoms with Gasteiger partial charge in [-0.3, -0.25) is 4.79 Å². The van der Waals surface area contributed by atoms with Crippen molar-refractivity contribution < 1.29 is 22.7 Å². The lowest BCUT2D eigenvalue weighted by Crippen LogP contribution is -2.51. The lowest BCUT2D eigenvalue weighted by atomic mass is 9.85. The third-order valence-electron chi connectivity index (χ3n) is 5.75. The summed E-state index contributed by atoms with van der Waals surface area (Å²) in [5.74, 6) is -0.757. The number of pyridine rings is 1. The van der Waals surface area contributed by atoms with Gasteiger partial charge in [0.2, 0.25) is 5.88 Å². The van der Waals surface area contributed by atoms with Crippen LogP contribution in [-0.4, -0.2) is 22.5 Å². The second kappa shape index (κ2) is 11.0. The number of alkyl halides is 3. The zero-order valence-corrected chi connectivity index (χ0v) is 20.7. The highest BCUT2D eigenvalue weighted by Crippen LogP contribution is 2.30. The standard InChI is InChI=1S/C27H25ClF3N3O2/c1-17(34-25(35)26(2,3)36-24-12-9-21(16-33-24)27(29,30)31)23(14-18-7-10-22(28)11-8-18)20-6-4-5-19(13-20)15-32/h4-13,16-17,23H,14H2,1-3H3,(H,34,35)/t17-,23?/m0/s1. The number of nitriles is 1. The lowest BCUT2D eigenvalue weighted by molar-refractivity contribution is -0.138. The number of halogens is 4. The van der Waals surface area contributed by atoms with E-state index in [4.69, 9.17) is 16.3 Å². The molecule has 2 aromatic carbocycles. The maximum atomic E-state index is 13.1. The van der Waals surface area contributed by atoms with Gasteiger partial charge in [-0.05, 0) is 68.7 Å². The van der Waals surface area contributed by atoms with Crippen LogP contribution in [-0.2, 0) is 17.4 Å². The van der Waals surface area contributed by atoms with Gasteiger partial charge in [0.25, 0.3) is 5.91 Å². The molecule has 1 heterocycles. The highest BCUT2D eigenvalue weighted by molar-refractivity contribution is 6.30. The second-order valence-corrected chi connectivity index (χ2v) is 9.37. The molecule has 0 aliphatic carbocycles. The Morgan fingerprint density at radius 1 is 1.14 bits per heavy atom. The second-order valence-electron chi connectivity index (χ2n) is 8.93. The Balaban J connectivity index is 1.79. The fraction of sp³-hybridized carbons (Fsp3) is 0.296. The highest BCUT2D eigenvalue weighted by Gasteiger charge is 2.34. The molecule has 0 radical (unpaired) electrons. The summed E-state index contributed by atoms with van der Waals surface area (Å²) >= 11 is 6.02. The Morgan fingerprint density at radius 3 is 2.42 bits per heavy atom. The molecule has 1 aromatic heterocycles. The predicted molar refractivity (Wildman–Crippen MR) is 131 cm³/mol. The molecule has 0 saturated heterocycles. The van der Waals surface area contributed by atoms with Gasteiger partial charge < -0.3 is 10.1 Å². The average Bonchev–Trinajstić information content (AvgIpc) is 2.83. The molecule has 9 heteroatoms. The summed E-state index contributed by atoms with van der Waals surface area (Å²) in [5, 5.41) is 12.9. The number of carbonyl (C=O) groups excluding carboxylic acids is 1. The minimum Gasteiger partial charge on any atom is -0.462 e. The van der Waals surface area contributed by atoms with E-state index in [-0.39, 0.29) is 17.8 Å². The predicted octanol–water partition coefficient (Wildman–Crippen LogP) is 6.31. The number of hydrogen-bond acceptors (Lipinski definition) is 4. The Hall–Kier alpha value is -3.57. The molecule has 1 unspecified atom stereocenters. The topological polar surface area (TPSA) is 75.0 Å². The van der Waals surface area contributed by atoms with Crippen LogP contribution in [0, 0.1) is 11.3 Å². The van der Waals surface area contributed by atoms with E-state index in [0.717, 1.165) is 23.3 Å². The van der Waals surface area contributed by atoms with Gasteiger partial charge in [0.1, 0.15) is 0 Å². The number of carbonyl (C=O) groups is 1. The van der Waals surface area contributed by atoms with Crippen LogP contribution in [0.25, 0.3) is 0 Å². The first-order chi connectivity index (χ1) is 16.9. The van der Waals surface area contributed by atoms with E-state index >= 15 is 0 Å². The maximum absolute atomic E-state index is 13.1. The van der Waals surface area contributed by atoms with Crippen molar-refractivity contribution in [1.29, 1.82) is 5.26 Å². The number of amides is 1. The Bertz CT molecular complexity index is 1240. The van der Waals surface area contributed by atoms with Crippen molar-refractivity contribution in [1.82, 2.24) is 10.3 Å². The van der Waals surface area contributed by atoms with Crippen LogP contribution in [0.2, 0.25) is 5.02 Å². The monoisotopic (exact) mass is 515 g/mol. The molecular formula is C27H25ClF3N3O2. The zero-order valence-electron chi connectivity index (χ0n) is 19.9. The van der Waals surface area contributed by atoms with Crippen molar-refractivity contribution in [3.8, 4) is 11.9 Å². The first-order valence-electron chi connectivity index (χ1n) is 11.2. The van der Waals surface area contributed by atoms with Crippen molar-refractivity contribution in [2.45, 2.75) is 50.9 Å². The fourth-order valence-corrected chi connectivity index (χ4v) is 3.82. The molecule has 0 aliphatic heterocycles. The molecule has 5 nitrogen and oxygen atoms in total. The normalized spacial score (nSPS) is 13.4. The Kier molecular flexibility index (Phi) is 8.26. The van der Waals surface area contributed by atoms with E-state index in [1.807, 2.05) is 25.1 Å². The molecular weight excluding hydrogens is 491 g/mol. The van der Waals surface area contributed by atoms with Crippen molar-refractivity contribution in [3.05, 3.63) is 94.1 Å². The van der Waals surface area contributed by atoms with Crippen LogP contribution in [0.4, 0.5) is 13.2 Å². The van der Waals surface area contributed by atoms with E-state index < -0.39 is 23.2 Å². The van der Waals surface area contributed by atoms with Crippen LogP contribution in [0.5, 0.6) is 5.88 Å². The van der Waals surface area contributed by atoms with Crippen molar-refractivity contribution in [2.75, 3.05) is 0 Å². The molecule has 188 valence electrons. The van der Waals surface area contributed by atoms with Crippen molar-refractivity contribution in [2.24, 2.45) is 0 Å². The lowest BCUT2D eigenvalue weighted by Gasteiger charge is -2.30. The van der Waals surface area contributed by atoms with Crippen LogP contribution in [0.3, 0.4) is 0 Å². The van der Waals surface area contributed by atoms with Crippen LogP contribution in [0.15, 0.2) is 66.9 Å². The smallest absolute Gasteiger partial charge is 0.417 e. The fourth-order valence-electron chi connectivity index (χ4n) is 3.69. The molecule has 3 aromatic rings. The Labute approximate surface area is 212 Å². The minimum absolute atomic E-state index is 0.102. The number of benzene rings is 2. The van der Waals surface area contributed by atoms with Gasteiger partial charge >= 0.3 is 6.18 Å². The van der Waals surface area contributed by atoms with Crippen LogP contribution < -0.4 is 10.1 Å². The van der Waals surface area contributed by atoms with E-state index in [2.05, 4.69) is 16.4 Å². The molecule has 1 amide bonds. The molecule has 0 bridgehead atoms. The summed E-state index contributed by atoms with van der Waals surface area (Å²) < 4.78 is 44.0. The minimum atomic E-state index is -4.52. The summed E-state index contributed by atoms with van der Waals surface area (Å²) in [6.07, 6.45) is -3.29. The number of hydrogen-bond donors (Lipinski definition) is 1. The van der Waals surface area contributed by atoms with E-state index in [0.29, 0.717) is 23.2 Å². The summed E-state index contributed by atoms with van der Waals surface area (Å²) in [7, 11) is 0. The molecule has 36 heavy (non-hydrogen) atoms. The van der Waals surface area contributed by atoms with Gasteiger partial charge in [0, 0.05) is 29.2 Å². The highest BCUT2D eigenvalue weighted by atomic mass is 35.5. The number of aromatic nitrogens is 1. The van der Waals surface area contributed by atoms with E-state index in [1.165, 1.54) is 13.8 Å². The summed E-state index contributed by atoms with van der Waals surface area (Å²) in [4.78, 5) is 16.8. The van der Waals surface area contributed by atoms with Crippen molar-refractivity contribution in [3.63, 3.8) is 0 Å². The van der Waals surface area contributed by atoms with E-state index in [1.54, 1.807) is 30.3 Å². The van der Waals surface area contributed by atoms with Gasteiger partial charge in [-0.2, -0.15) is 18.4 Å². The van der Waals surface area contributed by atoms with Crippen LogP contribution in [0.1, 0.15) is 48.9 Å². The average molecular weight is 516 g/mol. The molecule has 0 saturated carbocycles. The van der Waals surface area contributed by atoms with E-state index in [9.17, 15) is 23.2 Å². The molecule has 0 spiro atoms. The van der Waals surface area contributed by atoms with Gasteiger partial charge in [0.05, 0.1) is 17.2 Å². The van der Waals surface area contributed by atoms with Gasteiger partial charge in [-0.15, -0.1) is 0 Å². The molecule has 3 rings (SSSR count). The number of ether oxygens (including phenoxy) is 1. The SMILES string of the molecule is C[C@H](NC(=O)C(C)(C)Oc1ccc(C(F)(F)F)cn1)C(Cc1ccc(Cl)cc1)c1cccc(C#N)c1. The zero-order chi connectivity index (χ0) is 26.5. The third kappa shape index (κ3) is 6.98. The Morgan fingerprint density at radius 2 is 1.83 bits per heavy atom. The third-order valence-corrected chi connectivity index (χ3v) is 6.00. The van der Waals surface area contributed by atoms with Gasteiger partial charge in [-0.25, -0.2) is 4.98 Å². The largest absolute Gasteiger partial charge is 0.462 e.